The second-order valence-electron chi connectivity index (χ2n) is 8.43. The number of sulfonamides is 1. The first-order valence-corrected chi connectivity index (χ1v) is 12.6. The summed E-state index contributed by atoms with van der Waals surface area (Å²) in [6, 6.07) is 16.2. The number of nitrogens with zero attached hydrogens (tertiary/aromatic N) is 2. The Morgan fingerprint density at radius 2 is 1.50 bits per heavy atom. The van der Waals surface area contributed by atoms with Gasteiger partial charge in [0.1, 0.15) is 0 Å². The Labute approximate surface area is 189 Å². The van der Waals surface area contributed by atoms with Crippen molar-refractivity contribution < 1.29 is 18.0 Å². The van der Waals surface area contributed by atoms with Crippen molar-refractivity contribution in [3.63, 3.8) is 0 Å². The molecule has 1 aliphatic heterocycles. The van der Waals surface area contributed by atoms with E-state index in [1.54, 1.807) is 17.0 Å². The first-order valence-electron chi connectivity index (χ1n) is 11.2. The van der Waals surface area contributed by atoms with Crippen LogP contribution in [0.15, 0.2) is 59.5 Å². The van der Waals surface area contributed by atoms with E-state index in [0.29, 0.717) is 38.2 Å². The number of hydrogen-bond acceptors (Lipinski definition) is 4. The maximum absolute atomic E-state index is 12.8. The van der Waals surface area contributed by atoms with Gasteiger partial charge in [-0.3, -0.25) is 9.59 Å². The van der Waals surface area contributed by atoms with Gasteiger partial charge < -0.3 is 9.80 Å². The molecule has 1 saturated heterocycles. The van der Waals surface area contributed by atoms with Crippen molar-refractivity contribution in [2.24, 2.45) is 0 Å². The van der Waals surface area contributed by atoms with Gasteiger partial charge in [0.05, 0.1) is 4.90 Å². The highest BCUT2D eigenvalue weighted by atomic mass is 32.2. The van der Waals surface area contributed by atoms with Crippen LogP contribution in [-0.4, -0.2) is 62.3 Å². The highest BCUT2D eigenvalue weighted by molar-refractivity contribution is 7.89. The van der Waals surface area contributed by atoms with Crippen molar-refractivity contribution >= 4 is 21.8 Å². The summed E-state index contributed by atoms with van der Waals surface area (Å²) in [5.74, 6) is -0.00831. The maximum atomic E-state index is 12.8. The summed E-state index contributed by atoms with van der Waals surface area (Å²) in [6.07, 6.45) is 3.95. The van der Waals surface area contributed by atoms with Gasteiger partial charge in [0.15, 0.2) is 0 Å². The topological polar surface area (TPSA) is 86.8 Å². The molecule has 1 aliphatic carbocycles. The molecule has 0 atom stereocenters. The van der Waals surface area contributed by atoms with E-state index in [-0.39, 0.29) is 22.8 Å². The van der Waals surface area contributed by atoms with Gasteiger partial charge in [-0.2, -0.15) is 0 Å². The van der Waals surface area contributed by atoms with Crippen LogP contribution in [0.5, 0.6) is 0 Å². The minimum Gasteiger partial charge on any atom is -0.339 e. The fraction of sp³-hybridized carbons (Fsp3) is 0.417. The molecule has 0 aromatic heterocycles. The number of nitrogens with one attached hydrogen (secondary N) is 1. The van der Waals surface area contributed by atoms with E-state index in [0.717, 1.165) is 25.7 Å². The van der Waals surface area contributed by atoms with Gasteiger partial charge in [-0.25, -0.2) is 13.1 Å². The number of aryl methyl sites for hydroxylation is 1. The van der Waals surface area contributed by atoms with Gasteiger partial charge in [-0.15, -0.1) is 0 Å². The molecule has 2 amide bonds. The van der Waals surface area contributed by atoms with E-state index in [2.05, 4.69) is 16.9 Å². The van der Waals surface area contributed by atoms with Crippen molar-refractivity contribution in [3.05, 3.63) is 65.7 Å². The predicted molar refractivity (Wildman–Crippen MR) is 122 cm³/mol. The van der Waals surface area contributed by atoms with E-state index < -0.39 is 10.0 Å². The summed E-state index contributed by atoms with van der Waals surface area (Å²) < 4.78 is 27.2. The van der Waals surface area contributed by atoms with Crippen molar-refractivity contribution in [2.45, 2.75) is 43.0 Å². The lowest BCUT2D eigenvalue weighted by atomic mass is 10.1. The molecule has 32 heavy (non-hydrogen) atoms. The lowest BCUT2D eigenvalue weighted by molar-refractivity contribution is -0.132. The van der Waals surface area contributed by atoms with Gasteiger partial charge in [-0.05, 0) is 55.5 Å². The Kier molecular flexibility index (Phi) is 6.91. The summed E-state index contributed by atoms with van der Waals surface area (Å²) >= 11 is 0. The predicted octanol–water partition coefficient (Wildman–Crippen LogP) is 2.43. The minimum absolute atomic E-state index is 0.0404. The summed E-state index contributed by atoms with van der Waals surface area (Å²) in [7, 11) is -3.53. The van der Waals surface area contributed by atoms with Crippen LogP contribution in [0.4, 0.5) is 0 Å². The molecule has 0 unspecified atom stereocenters. The molecule has 0 radical (unpaired) electrons. The Balaban J connectivity index is 1.24. The molecule has 8 heteroatoms. The van der Waals surface area contributed by atoms with E-state index in [1.165, 1.54) is 17.7 Å². The molecule has 4 rings (SSSR count). The lowest BCUT2D eigenvalue weighted by Crippen LogP contribution is -2.50. The Morgan fingerprint density at radius 3 is 2.12 bits per heavy atom. The van der Waals surface area contributed by atoms with E-state index >= 15 is 0 Å². The van der Waals surface area contributed by atoms with E-state index in [9.17, 15) is 18.0 Å². The van der Waals surface area contributed by atoms with Gasteiger partial charge in [0.2, 0.25) is 15.9 Å². The Hall–Kier alpha value is -2.71. The van der Waals surface area contributed by atoms with E-state index in [1.807, 2.05) is 23.1 Å². The average Bonchev–Trinajstić information content (AvgIpc) is 3.63. The molecular formula is C24H29N3O4S. The van der Waals surface area contributed by atoms with Crippen molar-refractivity contribution in [3.8, 4) is 0 Å². The summed E-state index contributed by atoms with van der Waals surface area (Å²) in [5.41, 5.74) is 1.69. The van der Waals surface area contributed by atoms with Gasteiger partial charge >= 0.3 is 0 Å². The Bertz CT molecular complexity index is 1040. The van der Waals surface area contributed by atoms with Gasteiger partial charge in [-0.1, -0.05) is 30.3 Å². The molecule has 2 aliphatic rings. The van der Waals surface area contributed by atoms with Gasteiger partial charge in [0.25, 0.3) is 5.91 Å². The lowest BCUT2D eigenvalue weighted by Gasteiger charge is -2.35. The van der Waals surface area contributed by atoms with Crippen LogP contribution in [0.3, 0.4) is 0 Å². The normalized spacial score (nSPS) is 16.8. The zero-order chi connectivity index (χ0) is 22.6. The molecule has 7 nitrogen and oxygen atoms in total. The second kappa shape index (κ2) is 9.83. The molecule has 2 fully saturated rings. The monoisotopic (exact) mass is 455 g/mol. The third-order valence-corrected chi connectivity index (χ3v) is 7.47. The molecule has 1 heterocycles. The Morgan fingerprint density at radius 1 is 0.875 bits per heavy atom. The largest absolute Gasteiger partial charge is 0.339 e. The fourth-order valence-electron chi connectivity index (χ4n) is 3.85. The van der Waals surface area contributed by atoms with Crippen LogP contribution in [0.1, 0.15) is 41.6 Å². The average molecular weight is 456 g/mol. The number of carbonyl (C=O) groups is 2. The smallest absolute Gasteiger partial charge is 0.253 e. The molecule has 2 aromatic rings. The number of rotatable bonds is 8. The van der Waals surface area contributed by atoms with Crippen LogP contribution in [-0.2, 0) is 21.2 Å². The van der Waals surface area contributed by atoms with Gasteiger partial charge in [0, 0.05) is 44.2 Å². The summed E-state index contributed by atoms with van der Waals surface area (Å²) in [4.78, 5) is 29.0. The van der Waals surface area contributed by atoms with Crippen LogP contribution in [0.25, 0.3) is 0 Å². The molecule has 1 N–H and O–H groups in total. The fourth-order valence-corrected chi connectivity index (χ4v) is 5.16. The number of hydrogen-bond donors (Lipinski definition) is 1. The number of benzene rings is 2. The van der Waals surface area contributed by atoms with Crippen LogP contribution in [0, 0.1) is 0 Å². The molecular weight excluding hydrogens is 426 g/mol. The molecule has 2 aromatic carbocycles. The summed E-state index contributed by atoms with van der Waals surface area (Å²) in [6.45, 7) is 2.00. The first kappa shape index (κ1) is 22.5. The third kappa shape index (κ3) is 5.75. The molecule has 0 bridgehead atoms. The SMILES string of the molecule is O=C(CCCc1ccccc1)N1CCN(C(=O)c2ccc(S(=O)(=O)NC3CC3)cc2)CC1. The first-order chi connectivity index (χ1) is 15.4. The third-order valence-electron chi connectivity index (χ3n) is 5.93. The molecule has 0 spiro atoms. The van der Waals surface area contributed by atoms with Crippen LogP contribution < -0.4 is 4.72 Å². The van der Waals surface area contributed by atoms with Crippen LogP contribution >= 0.6 is 0 Å². The maximum Gasteiger partial charge on any atom is 0.253 e. The molecule has 1 saturated carbocycles. The van der Waals surface area contributed by atoms with Crippen LogP contribution in [0.2, 0.25) is 0 Å². The highest BCUT2D eigenvalue weighted by Gasteiger charge is 2.28. The zero-order valence-electron chi connectivity index (χ0n) is 18.1. The van der Waals surface area contributed by atoms with Crippen molar-refractivity contribution in [1.29, 1.82) is 0 Å². The molecule has 170 valence electrons. The number of carbonyl (C=O) groups excluding carboxylic acids is 2. The van der Waals surface area contributed by atoms with Crippen molar-refractivity contribution in [2.75, 3.05) is 26.2 Å². The zero-order valence-corrected chi connectivity index (χ0v) is 18.9. The number of amides is 2. The minimum atomic E-state index is -3.53. The summed E-state index contributed by atoms with van der Waals surface area (Å²) in [5, 5.41) is 0. The van der Waals surface area contributed by atoms with Crippen molar-refractivity contribution in [1.82, 2.24) is 14.5 Å². The quantitative estimate of drug-likeness (QED) is 0.662. The van der Waals surface area contributed by atoms with E-state index in [4.69, 9.17) is 0 Å². The standard InChI is InChI=1S/C24H29N3O4S/c28-23(8-4-7-19-5-2-1-3-6-19)26-15-17-27(18-16-26)24(29)20-9-13-22(14-10-20)32(30,31)25-21-11-12-21/h1-3,5-6,9-10,13-14,21,25H,4,7-8,11-12,15-18H2. The second-order valence-corrected chi connectivity index (χ2v) is 10.1. The number of piperazine rings is 1. The highest BCUT2D eigenvalue weighted by Crippen LogP contribution is 2.22.